The largest absolute Gasteiger partial charge is 0.394 e. The fraction of sp³-hybridized carbons (Fsp3) is 0.684. The van der Waals surface area contributed by atoms with Crippen LogP contribution in [0.15, 0.2) is 30.3 Å². The van der Waals surface area contributed by atoms with Gasteiger partial charge in [-0.2, -0.15) is 0 Å². The zero-order valence-electron chi connectivity index (χ0n) is 13.8. The van der Waals surface area contributed by atoms with Crippen LogP contribution >= 0.6 is 0 Å². The zero-order valence-corrected chi connectivity index (χ0v) is 13.8. The van der Waals surface area contributed by atoms with Crippen LogP contribution in [-0.2, 0) is 0 Å². The Labute approximate surface area is 130 Å². The highest BCUT2D eigenvalue weighted by atomic mass is 16.3. The number of aliphatic hydroxyl groups is 1. The summed E-state index contributed by atoms with van der Waals surface area (Å²) in [6, 6.07) is 10.9. The fourth-order valence-electron chi connectivity index (χ4n) is 3.55. The van der Waals surface area contributed by atoms with E-state index in [4.69, 9.17) is 0 Å². The van der Waals surface area contributed by atoms with Gasteiger partial charge in [-0.25, -0.2) is 0 Å². The van der Waals surface area contributed by atoms with E-state index in [0.29, 0.717) is 11.5 Å². The fourth-order valence-corrected chi connectivity index (χ4v) is 3.55. The number of rotatable bonds is 6. The average Bonchev–Trinajstić information content (AvgIpc) is 2.54. The summed E-state index contributed by atoms with van der Waals surface area (Å²) in [6.07, 6.45) is 6.35. The highest BCUT2D eigenvalue weighted by molar-refractivity contribution is 5.19. The number of benzene rings is 1. The maximum Gasteiger partial charge on any atom is 0.0626 e. The maximum atomic E-state index is 9.67. The van der Waals surface area contributed by atoms with Crippen molar-refractivity contribution in [2.75, 3.05) is 6.61 Å². The van der Waals surface area contributed by atoms with Crippen molar-refractivity contribution in [2.24, 2.45) is 11.3 Å². The molecule has 0 unspecified atom stereocenters. The van der Waals surface area contributed by atoms with Gasteiger partial charge in [0.25, 0.3) is 0 Å². The van der Waals surface area contributed by atoms with Gasteiger partial charge in [0.1, 0.15) is 0 Å². The Morgan fingerprint density at radius 3 is 2.29 bits per heavy atom. The van der Waals surface area contributed by atoms with E-state index in [1.807, 2.05) is 18.2 Å². The van der Waals surface area contributed by atoms with Gasteiger partial charge in [0.05, 0.1) is 12.6 Å². The molecule has 2 nitrogen and oxygen atoms in total. The summed E-state index contributed by atoms with van der Waals surface area (Å²) >= 11 is 0. The van der Waals surface area contributed by atoms with E-state index in [2.05, 4.69) is 38.2 Å². The lowest BCUT2D eigenvalue weighted by Crippen LogP contribution is -2.39. The molecule has 1 aliphatic rings. The molecule has 1 saturated carbocycles. The van der Waals surface area contributed by atoms with Crippen molar-refractivity contribution in [3.8, 4) is 0 Å². The molecule has 2 N–H and O–H groups in total. The van der Waals surface area contributed by atoms with Gasteiger partial charge < -0.3 is 10.4 Å². The van der Waals surface area contributed by atoms with Crippen LogP contribution in [0, 0.1) is 11.3 Å². The first-order valence-electron chi connectivity index (χ1n) is 8.48. The molecule has 0 radical (unpaired) electrons. The minimum absolute atomic E-state index is 0.0759. The van der Waals surface area contributed by atoms with Crippen LogP contribution in [0.3, 0.4) is 0 Å². The Morgan fingerprint density at radius 2 is 1.76 bits per heavy atom. The molecule has 0 aromatic heterocycles. The molecule has 0 amide bonds. The predicted molar refractivity (Wildman–Crippen MR) is 89.2 cm³/mol. The third-order valence-electron chi connectivity index (χ3n) is 5.56. The Balaban J connectivity index is 1.88. The summed E-state index contributed by atoms with van der Waals surface area (Å²) in [4.78, 5) is 0. The SMILES string of the molecule is CCC(C)(C)C1CCC(N[C@H](CO)c2ccccc2)CC1. The van der Waals surface area contributed by atoms with E-state index in [1.54, 1.807) is 0 Å². The standard InChI is InChI=1S/C19H31NO/c1-4-19(2,3)16-10-12-17(13-11-16)20-18(14-21)15-8-6-5-7-9-15/h5-9,16-18,20-21H,4,10-14H2,1-3H3/t16?,17?,18-/m1/s1. The third kappa shape index (κ3) is 4.31. The van der Waals surface area contributed by atoms with E-state index in [-0.39, 0.29) is 12.6 Å². The molecule has 0 bridgehead atoms. The molecule has 1 aromatic rings. The Bertz CT molecular complexity index is 407. The van der Waals surface area contributed by atoms with Crippen LogP contribution in [0.2, 0.25) is 0 Å². The van der Waals surface area contributed by atoms with Crippen molar-refractivity contribution < 1.29 is 5.11 Å². The van der Waals surface area contributed by atoms with Gasteiger partial charge in [-0.1, -0.05) is 57.5 Å². The number of hydrogen-bond donors (Lipinski definition) is 2. The highest BCUT2D eigenvalue weighted by Gasteiger charge is 2.32. The van der Waals surface area contributed by atoms with E-state index in [1.165, 1.54) is 37.7 Å². The Kier molecular flexibility index (Phi) is 5.83. The molecule has 2 heteroatoms. The second kappa shape index (κ2) is 7.42. The van der Waals surface area contributed by atoms with Crippen LogP contribution in [0.1, 0.15) is 64.5 Å². The molecule has 0 aliphatic heterocycles. The Hall–Kier alpha value is -0.860. The topological polar surface area (TPSA) is 32.3 Å². The van der Waals surface area contributed by atoms with Crippen molar-refractivity contribution in [2.45, 2.75) is 65.0 Å². The lowest BCUT2D eigenvalue weighted by atomic mass is 9.69. The second-order valence-corrected chi connectivity index (χ2v) is 7.20. The van der Waals surface area contributed by atoms with Crippen LogP contribution in [0.25, 0.3) is 0 Å². The quantitative estimate of drug-likeness (QED) is 0.818. The van der Waals surface area contributed by atoms with E-state index < -0.39 is 0 Å². The van der Waals surface area contributed by atoms with Gasteiger partial charge in [-0.3, -0.25) is 0 Å². The van der Waals surface area contributed by atoms with Gasteiger partial charge in [-0.15, -0.1) is 0 Å². The summed E-state index contributed by atoms with van der Waals surface area (Å²) in [7, 11) is 0. The van der Waals surface area contributed by atoms with Gasteiger partial charge >= 0.3 is 0 Å². The lowest BCUT2D eigenvalue weighted by molar-refractivity contribution is 0.128. The normalized spacial score (nSPS) is 24.8. The minimum Gasteiger partial charge on any atom is -0.394 e. The molecule has 1 aromatic carbocycles. The highest BCUT2D eigenvalue weighted by Crippen LogP contribution is 2.40. The number of nitrogens with one attached hydrogen (secondary N) is 1. The molecule has 1 atom stereocenters. The molecule has 1 fully saturated rings. The van der Waals surface area contributed by atoms with Crippen molar-refractivity contribution >= 4 is 0 Å². The van der Waals surface area contributed by atoms with E-state index in [0.717, 1.165) is 5.92 Å². The molecule has 0 heterocycles. The lowest BCUT2D eigenvalue weighted by Gasteiger charge is -2.40. The monoisotopic (exact) mass is 289 g/mol. The molecular formula is C19H31NO. The van der Waals surface area contributed by atoms with E-state index in [9.17, 15) is 5.11 Å². The van der Waals surface area contributed by atoms with E-state index >= 15 is 0 Å². The molecule has 118 valence electrons. The summed E-state index contributed by atoms with van der Waals surface area (Å²) in [5.41, 5.74) is 1.66. The molecule has 0 spiro atoms. The smallest absolute Gasteiger partial charge is 0.0626 e. The van der Waals surface area contributed by atoms with Crippen molar-refractivity contribution in [3.63, 3.8) is 0 Å². The molecule has 2 rings (SSSR count). The molecular weight excluding hydrogens is 258 g/mol. The molecule has 0 saturated heterocycles. The van der Waals surface area contributed by atoms with Gasteiger partial charge in [-0.05, 0) is 42.6 Å². The summed E-state index contributed by atoms with van der Waals surface area (Å²) in [5, 5.41) is 13.3. The third-order valence-corrected chi connectivity index (χ3v) is 5.56. The maximum absolute atomic E-state index is 9.67. The van der Waals surface area contributed by atoms with Gasteiger partial charge in [0, 0.05) is 6.04 Å². The van der Waals surface area contributed by atoms with Crippen LogP contribution in [-0.4, -0.2) is 17.8 Å². The van der Waals surface area contributed by atoms with Crippen molar-refractivity contribution in [3.05, 3.63) is 35.9 Å². The number of aliphatic hydroxyl groups excluding tert-OH is 1. The predicted octanol–water partition coefficient (Wildman–Crippen LogP) is 4.30. The first-order valence-corrected chi connectivity index (χ1v) is 8.48. The molecule has 21 heavy (non-hydrogen) atoms. The molecule has 1 aliphatic carbocycles. The zero-order chi connectivity index (χ0) is 15.3. The summed E-state index contributed by atoms with van der Waals surface area (Å²) < 4.78 is 0. The first-order chi connectivity index (χ1) is 10.1. The summed E-state index contributed by atoms with van der Waals surface area (Å²) in [5.74, 6) is 0.852. The van der Waals surface area contributed by atoms with Gasteiger partial charge in [0.15, 0.2) is 0 Å². The Morgan fingerprint density at radius 1 is 1.14 bits per heavy atom. The average molecular weight is 289 g/mol. The van der Waals surface area contributed by atoms with Crippen molar-refractivity contribution in [1.29, 1.82) is 0 Å². The van der Waals surface area contributed by atoms with Crippen LogP contribution < -0.4 is 5.32 Å². The van der Waals surface area contributed by atoms with Crippen molar-refractivity contribution in [1.82, 2.24) is 5.32 Å². The number of hydrogen-bond acceptors (Lipinski definition) is 2. The van der Waals surface area contributed by atoms with Crippen LogP contribution in [0.5, 0.6) is 0 Å². The van der Waals surface area contributed by atoms with Gasteiger partial charge in [0.2, 0.25) is 0 Å². The van der Waals surface area contributed by atoms with Crippen LogP contribution in [0.4, 0.5) is 0 Å². The first kappa shape index (κ1) is 16.5. The second-order valence-electron chi connectivity index (χ2n) is 7.20. The minimum atomic E-state index is 0.0759. The summed E-state index contributed by atoms with van der Waals surface area (Å²) in [6.45, 7) is 7.30.